The van der Waals surface area contributed by atoms with Gasteiger partial charge in [0.05, 0.1) is 19.8 Å². The van der Waals surface area contributed by atoms with Crippen LogP contribution in [0.5, 0.6) is 0 Å². The van der Waals surface area contributed by atoms with Gasteiger partial charge >= 0.3 is 7.82 Å². The average molecular weight is 525 g/mol. The largest absolute Gasteiger partial charge is 0.474 e. The maximum absolute atomic E-state index is 13.1. The minimum Gasteiger partial charge on any atom is -0.385 e. The standard InChI is InChI=1S/C27H57O7P/c1-29-22-16-10-4-7-13-19-25-32-35(28,33-26-20-14-8-5-11-17-23-30-2)34-27-21-15-9-6-12-18-24-31-3/h4-27H2,1-3H3. The smallest absolute Gasteiger partial charge is 0.385 e. The summed E-state index contributed by atoms with van der Waals surface area (Å²) in [7, 11) is 1.75. The Morgan fingerprint density at radius 3 is 0.771 bits per heavy atom. The van der Waals surface area contributed by atoms with Crippen molar-refractivity contribution in [2.45, 2.75) is 116 Å². The van der Waals surface area contributed by atoms with Crippen LogP contribution in [-0.4, -0.2) is 61.0 Å². The van der Waals surface area contributed by atoms with E-state index < -0.39 is 7.82 Å². The Bertz CT molecular complexity index is 389. The van der Waals surface area contributed by atoms with Gasteiger partial charge < -0.3 is 14.2 Å². The van der Waals surface area contributed by atoms with Crippen LogP contribution in [-0.2, 0) is 32.3 Å². The number of phosphoric ester groups is 1. The first-order valence-electron chi connectivity index (χ1n) is 14.2. The molecule has 0 aliphatic heterocycles. The Labute approximate surface area is 216 Å². The van der Waals surface area contributed by atoms with Crippen molar-refractivity contribution < 1.29 is 32.3 Å². The summed E-state index contributed by atoms with van der Waals surface area (Å²) in [5, 5.41) is 0. The van der Waals surface area contributed by atoms with Crippen molar-refractivity contribution in [2.24, 2.45) is 0 Å². The third kappa shape index (κ3) is 26.9. The molecular formula is C27H57O7P. The summed E-state index contributed by atoms with van der Waals surface area (Å²) >= 11 is 0. The molecular weight excluding hydrogens is 467 g/mol. The molecule has 0 aromatic heterocycles. The predicted molar refractivity (Wildman–Crippen MR) is 144 cm³/mol. The molecule has 7 nitrogen and oxygen atoms in total. The zero-order valence-corrected chi connectivity index (χ0v) is 24.2. The van der Waals surface area contributed by atoms with Crippen LogP contribution in [0, 0.1) is 0 Å². The van der Waals surface area contributed by atoms with E-state index in [1.165, 1.54) is 38.5 Å². The highest BCUT2D eigenvalue weighted by Gasteiger charge is 2.26. The Morgan fingerprint density at radius 1 is 0.343 bits per heavy atom. The van der Waals surface area contributed by atoms with Crippen molar-refractivity contribution in [1.82, 2.24) is 0 Å². The molecule has 0 unspecified atom stereocenters. The van der Waals surface area contributed by atoms with Crippen LogP contribution < -0.4 is 0 Å². The molecule has 0 aliphatic rings. The lowest BCUT2D eigenvalue weighted by Gasteiger charge is -2.18. The number of hydrogen-bond donors (Lipinski definition) is 0. The number of phosphoric acid groups is 1. The molecule has 0 saturated carbocycles. The monoisotopic (exact) mass is 524 g/mol. The summed E-state index contributed by atoms with van der Waals surface area (Å²) in [6, 6.07) is 0. The molecule has 0 saturated heterocycles. The molecule has 0 aromatic rings. The molecule has 0 fully saturated rings. The topological polar surface area (TPSA) is 72.5 Å². The Balaban J connectivity index is 4.06. The van der Waals surface area contributed by atoms with E-state index in [9.17, 15) is 4.57 Å². The molecule has 0 aliphatic carbocycles. The fourth-order valence-corrected chi connectivity index (χ4v) is 5.09. The van der Waals surface area contributed by atoms with Gasteiger partial charge in [0.25, 0.3) is 0 Å². The van der Waals surface area contributed by atoms with Crippen LogP contribution in [0.25, 0.3) is 0 Å². The van der Waals surface area contributed by atoms with Gasteiger partial charge in [0.2, 0.25) is 0 Å². The lowest BCUT2D eigenvalue weighted by molar-refractivity contribution is 0.108. The van der Waals surface area contributed by atoms with Crippen molar-refractivity contribution >= 4 is 7.82 Å². The normalized spacial score (nSPS) is 12.0. The first-order valence-corrected chi connectivity index (χ1v) is 15.6. The van der Waals surface area contributed by atoms with Gasteiger partial charge in [0.15, 0.2) is 0 Å². The van der Waals surface area contributed by atoms with Crippen LogP contribution in [0.3, 0.4) is 0 Å². The molecule has 35 heavy (non-hydrogen) atoms. The number of methoxy groups -OCH3 is 3. The molecule has 0 rings (SSSR count). The van der Waals surface area contributed by atoms with Crippen LogP contribution >= 0.6 is 7.82 Å². The first-order chi connectivity index (χ1) is 17.2. The summed E-state index contributed by atoms with van der Waals surface area (Å²) in [6.07, 6.45) is 19.8. The predicted octanol–water partition coefficient (Wildman–Crippen LogP) is 8.11. The molecule has 0 N–H and O–H groups in total. The van der Waals surface area contributed by atoms with E-state index in [2.05, 4.69) is 0 Å². The van der Waals surface area contributed by atoms with E-state index in [-0.39, 0.29) is 0 Å². The van der Waals surface area contributed by atoms with Gasteiger partial charge in [-0.3, -0.25) is 13.6 Å². The minimum atomic E-state index is -3.48. The third-order valence-electron chi connectivity index (χ3n) is 5.98. The maximum Gasteiger partial charge on any atom is 0.474 e. The van der Waals surface area contributed by atoms with E-state index in [0.717, 1.165) is 96.9 Å². The van der Waals surface area contributed by atoms with Crippen LogP contribution in [0.1, 0.15) is 116 Å². The molecule has 0 heterocycles. The van der Waals surface area contributed by atoms with Gasteiger partial charge in [-0.25, -0.2) is 4.57 Å². The molecule has 0 bridgehead atoms. The van der Waals surface area contributed by atoms with Gasteiger partial charge in [0, 0.05) is 41.2 Å². The molecule has 0 radical (unpaired) electrons. The highest BCUT2D eigenvalue weighted by molar-refractivity contribution is 7.48. The van der Waals surface area contributed by atoms with Crippen LogP contribution in [0.2, 0.25) is 0 Å². The molecule has 0 atom stereocenters. The minimum absolute atomic E-state index is 0.425. The van der Waals surface area contributed by atoms with E-state index in [1.807, 2.05) is 0 Å². The Morgan fingerprint density at radius 2 is 0.543 bits per heavy atom. The number of unbranched alkanes of at least 4 members (excludes halogenated alkanes) is 15. The quantitative estimate of drug-likeness (QED) is 0.0694. The first kappa shape index (κ1) is 35.0. The second-order valence-electron chi connectivity index (χ2n) is 9.29. The number of ether oxygens (including phenoxy) is 3. The molecule has 0 spiro atoms. The SMILES string of the molecule is COCCCCCCCCOP(=O)(OCCCCCCCCOC)OCCCCCCCCOC. The second kappa shape index (κ2) is 28.6. The number of hydrogen-bond acceptors (Lipinski definition) is 7. The van der Waals surface area contributed by atoms with Crippen molar-refractivity contribution in [2.75, 3.05) is 61.0 Å². The molecule has 212 valence electrons. The Kier molecular flexibility index (Phi) is 28.6. The number of rotatable bonds is 30. The van der Waals surface area contributed by atoms with Crippen molar-refractivity contribution in [3.63, 3.8) is 0 Å². The van der Waals surface area contributed by atoms with Crippen molar-refractivity contribution in [3.8, 4) is 0 Å². The lowest BCUT2D eigenvalue weighted by atomic mass is 10.1. The zero-order valence-electron chi connectivity index (χ0n) is 23.3. The lowest BCUT2D eigenvalue weighted by Crippen LogP contribution is -2.04. The maximum atomic E-state index is 13.1. The van der Waals surface area contributed by atoms with Crippen LogP contribution in [0.4, 0.5) is 0 Å². The zero-order chi connectivity index (χ0) is 25.7. The fourth-order valence-electron chi connectivity index (χ4n) is 3.81. The van der Waals surface area contributed by atoms with E-state index in [0.29, 0.717) is 19.8 Å². The van der Waals surface area contributed by atoms with Gasteiger partial charge in [-0.15, -0.1) is 0 Å². The van der Waals surface area contributed by atoms with Gasteiger partial charge in [0.1, 0.15) is 0 Å². The third-order valence-corrected chi connectivity index (χ3v) is 7.47. The summed E-state index contributed by atoms with van der Waals surface area (Å²) in [5.41, 5.74) is 0. The molecule has 8 heteroatoms. The summed E-state index contributed by atoms with van der Waals surface area (Å²) in [4.78, 5) is 0. The van der Waals surface area contributed by atoms with Crippen molar-refractivity contribution in [1.29, 1.82) is 0 Å². The second-order valence-corrected chi connectivity index (χ2v) is 11.0. The summed E-state index contributed by atoms with van der Waals surface area (Å²) < 4.78 is 45.4. The fraction of sp³-hybridized carbons (Fsp3) is 1.00. The highest BCUT2D eigenvalue weighted by atomic mass is 31.2. The highest BCUT2D eigenvalue weighted by Crippen LogP contribution is 2.50. The Hall–Kier alpha value is -0.0100. The summed E-state index contributed by atoms with van der Waals surface area (Å²) in [5.74, 6) is 0. The molecule has 0 amide bonds. The molecule has 0 aromatic carbocycles. The van der Waals surface area contributed by atoms with Gasteiger partial charge in [-0.1, -0.05) is 77.0 Å². The van der Waals surface area contributed by atoms with E-state index >= 15 is 0 Å². The average Bonchev–Trinajstić information content (AvgIpc) is 2.86. The van der Waals surface area contributed by atoms with Gasteiger partial charge in [-0.05, 0) is 38.5 Å². The van der Waals surface area contributed by atoms with Gasteiger partial charge in [-0.2, -0.15) is 0 Å². The summed E-state index contributed by atoms with van der Waals surface area (Å²) in [6.45, 7) is 3.78. The van der Waals surface area contributed by atoms with E-state index in [1.54, 1.807) is 21.3 Å². The van der Waals surface area contributed by atoms with Crippen LogP contribution in [0.15, 0.2) is 0 Å². The van der Waals surface area contributed by atoms with E-state index in [4.69, 9.17) is 27.8 Å². The van der Waals surface area contributed by atoms with Crippen molar-refractivity contribution in [3.05, 3.63) is 0 Å².